The van der Waals surface area contributed by atoms with E-state index >= 15 is 0 Å². The maximum atomic E-state index is 6.63. The van der Waals surface area contributed by atoms with Crippen LogP contribution in [0.2, 0.25) is 0 Å². The van der Waals surface area contributed by atoms with Crippen LogP contribution in [0.4, 0.5) is 0 Å². The Kier molecular flexibility index (Phi) is 11.1. The number of aryl methyl sites for hydroxylation is 1. The number of hydrogen-bond donors (Lipinski definition) is 0. The van der Waals surface area contributed by atoms with Gasteiger partial charge in [0.15, 0.2) is 17.5 Å². The first kappa shape index (κ1) is 44.7. The molecule has 3 heterocycles. The fourth-order valence-electron chi connectivity index (χ4n) is 11.1. The Morgan fingerprint density at radius 3 is 1.51 bits per heavy atom. The normalized spacial score (nSPS) is 11.5. The molecule has 0 radical (unpaired) electrons. The number of para-hydroxylation sites is 1. The minimum absolute atomic E-state index is 0.612. The van der Waals surface area contributed by atoms with Crippen LogP contribution in [0.1, 0.15) is 16.7 Å². The van der Waals surface area contributed by atoms with Crippen LogP contribution >= 0.6 is 0 Å². The Hall–Kier alpha value is -9.97. The van der Waals surface area contributed by atoms with Gasteiger partial charge in [0.25, 0.3) is 0 Å². The second-order valence-electron chi connectivity index (χ2n) is 19.6. The van der Waals surface area contributed by atoms with E-state index in [1.807, 2.05) is 60.7 Å². The molecule has 0 aliphatic carbocycles. The van der Waals surface area contributed by atoms with Crippen molar-refractivity contribution in [2.24, 2.45) is 0 Å². The van der Waals surface area contributed by atoms with Crippen molar-refractivity contribution in [2.45, 2.75) is 13.3 Å². The third kappa shape index (κ3) is 8.12. The summed E-state index contributed by atoms with van der Waals surface area (Å²) in [6.45, 7) is 2.22. The molecule has 14 rings (SSSR count). The molecule has 0 bridgehead atoms. The Morgan fingerprint density at radius 2 is 0.842 bits per heavy atom. The van der Waals surface area contributed by atoms with Crippen LogP contribution in [0.3, 0.4) is 0 Å². The molecule has 0 amide bonds. The fourth-order valence-corrected chi connectivity index (χ4v) is 11.1. The lowest BCUT2D eigenvalue weighted by molar-refractivity contribution is 0.669. The van der Waals surface area contributed by atoms with Crippen molar-refractivity contribution in [3.05, 3.63) is 278 Å². The second-order valence-corrected chi connectivity index (χ2v) is 19.6. The molecular weight excluding hydrogens is 925 g/mol. The Bertz CT molecular complexity index is 4430. The molecule has 0 spiro atoms. The molecule has 0 aliphatic heterocycles. The van der Waals surface area contributed by atoms with Gasteiger partial charge >= 0.3 is 0 Å². The number of nitrogens with zero attached hydrogens (tertiary/aromatic N) is 4. The smallest absolute Gasteiger partial charge is 0.164 e. The van der Waals surface area contributed by atoms with Gasteiger partial charge in [-0.05, 0) is 141 Å². The fraction of sp³-hybridized carbons (Fsp3) is 0.0282. The predicted molar refractivity (Wildman–Crippen MR) is 313 cm³/mol. The maximum Gasteiger partial charge on any atom is 0.164 e. The van der Waals surface area contributed by atoms with Crippen LogP contribution in [0.15, 0.2) is 265 Å². The predicted octanol–water partition coefficient (Wildman–Crippen LogP) is 18.4. The molecular formula is C71H48N4O. The van der Waals surface area contributed by atoms with Crippen LogP contribution in [-0.2, 0) is 6.42 Å². The number of fused-ring (bicyclic) bond motifs is 6. The summed E-state index contributed by atoms with van der Waals surface area (Å²) in [5.74, 6) is 1.87. The van der Waals surface area contributed by atoms with E-state index in [9.17, 15) is 0 Å². The highest BCUT2D eigenvalue weighted by Gasteiger charge is 2.20. The van der Waals surface area contributed by atoms with Crippen LogP contribution in [0.25, 0.3) is 128 Å². The number of aromatic nitrogens is 4. The number of furan rings is 1. The highest BCUT2D eigenvalue weighted by Crippen LogP contribution is 2.42. The summed E-state index contributed by atoms with van der Waals surface area (Å²) in [6, 6.07) is 92.8. The van der Waals surface area contributed by atoms with E-state index in [0.717, 1.165) is 84.0 Å². The van der Waals surface area contributed by atoms with Crippen molar-refractivity contribution in [1.82, 2.24) is 19.5 Å². The van der Waals surface area contributed by atoms with Gasteiger partial charge in [-0.1, -0.05) is 194 Å². The van der Waals surface area contributed by atoms with Crippen molar-refractivity contribution in [1.29, 1.82) is 0 Å². The van der Waals surface area contributed by atoms with Crippen molar-refractivity contribution in [2.75, 3.05) is 0 Å². The molecule has 0 unspecified atom stereocenters. The third-order valence-corrected chi connectivity index (χ3v) is 14.9. The Morgan fingerprint density at radius 1 is 0.342 bits per heavy atom. The lowest BCUT2D eigenvalue weighted by Gasteiger charge is -2.14. The Balaban J connectivity index is 0.873. The molecule has 14 aromatic rings. The maximum absolute atomic E-state index is 6.63. The summed E-state index contributed by atoms with van der Waals surface area (Å²) < 4.78 is 9.02. The summed E-state index contributed by atoms with van der Waals surface area (Å²) in [4.78, 5) is 15.0. The summed E-state index contributed by atoms with van der Waals surface area (Å²) in [6.07, 6.45) is 0.878. The lowest BCUT2D eigenvalue weighted by Crippen LogP contribution is -2.00. The summed E-state index contributed by atoms with van der Waals surface area (Å²) >= 11 is 0. The van der Waals surface area contributed by atoms with Crippen LogP contribution in [0.5, 0.6) is 0 Å². The molecule has 0 aliphatic rings. The van der Waals surface area contributed by atoms with Crippen molar-refractivity contribution >= 4 is 43.7 Å². The average molecular weight is 973 g/mol. The largest absolute Gasteiger partial charge is 0.456 e. The van der Waals surface area contributed by atoms with Crippen molar-refractivity contribution in [3.63, 3.8) is 0 Å². The van der Waals surface area contributed by atoms with Crippen LogP contribution < -0.4 is 0 Å². The zero-order valence-electron chi connectivity index (χ0n) is 41.7. The van der Waals surface area contributed by atoms with Gasteiger partial charge in [-0.15, -0.1) is 0 Å². The average Bonchev–Trinajstić information content (AvgIpc) is 4.12. The first-order chi connectivity index (χ1) is 37.6. The quantitative estimate of drug-likeness (QED) is 0.137. The molecule has 358 valence electrons. The highest BCUT2D eigenvalue weighted by molar-refractivity contribution is 6.15. The van der Waals surface area contributed by atoms with E-state index in [-0.39, 0.29) is 0 Å². The SMILES string of the molecule is Cc1ccc(-c2ccc3c(c2)c2cc(-c4ccc5oc6cccc(-c7cccc(-c8nc(-c9ccccc9)nc(-c9ccccc9)n8)c7)c6c5c4)ccc2n3-c2ccccc2)cc1-c1ccccc1Cc1ccccc1. The number of benzene rings is 11. The Labute approximate surface area is 440 Å². The van der Waals surface area contributed by atoms with Gasteiger partial charge in [0, 0.05) is 43.9 Å². The summed E-state index contributed by atoms with van der Waals surface area (Å²) in [7, 11) is 0. The second kappa shape index (κ2) is 18.8. The van der Waals surface area contributed by atoms with Gasteiger partial charge in [0.05, 0.1) is 11.0 Å². The molecule has 0 atom stereocenters. The van der Waals surface area contributed by atoms with Crippen LogP contribution in [0, 0.1) is 6.92 Å². The molecule has 11 aromatic carbocycles. The topological polar surface area (TPSA) is 56.7 Å². The number of rotatable bonds is 10. The minimum atomic E-state index is 0.612. The molecule has 0 saturated carbocycles. The molecule has 5 nitrogen and oxygen atoms in total. The number of hydrogen-bond acceptors (Lipinski definition) is 4. The van der Waals surface area contributed by atoms with E-state index in [1.54, 1.807) is 0 Å². The van der Waals surface area contributed by atoms with Gasteiger partial charge in [0.2, 0.25) is 0 Å². The van der Waals surface area contributed by atoms with Crippen molar-refractivity contribution < 1.29 is 4.42 Å². The van der Waals surface area contributed by atoms with Crippen molar-refractivity contribution in [3.8, 4) is 84.4 Å². The van der Waals surface area contributed by atoms with E-state index in [2.05, 4.69) is 212 Å². The standard InChI is InChI=1S/C71H48N4O/c1-46-32-33-50(42-60(46)58-29-15-14-24-54(58)40-47-18-6-2-7-19-47)51-34-37-64-61(43-51)62-44-52(35-38-65(62)75(64)57-27-12-5-13-28-57)53-36-39-66-63(45-53)68-59(30-17-31-67(68)76-66)55-25-16-26-56(41-55)71-73-69(48-20-8-3-9-21-48)72-70(74-71)49-22-10-4-11-23-49/h2-39,41-45H,40H2,1H3. The van der Waals surface area contributed by atoms with E-state index in [4.69, 9.17) is 19.4 Å². The molecule has 0 N–H and O–H groups in total. The zero-order valence-corrected chi connectivity index (χ0v) is 41.7. The first-order valence-electron chi connectivity index (χ1n) is 25.9. The van der Waals surface area contributed by atoms with Gasteiger partial charge in [0.1, 0.15) is 11.2 Å². The first-order valence-corrected chi connectivity index (χ1v) is 25.9. The summed E-state index contributed by atoms with van der Waals surface area (Å²) in [5, 5.41) is 4.51. The van der Waals surface area contributed by atoms with Gasteiger partial charge in [-0.3, -0.25) is 0 Å². The van der Waals surface area contributed by atoms with Gasteiger partial charge in [-0.2, -0.15) is 0 Å². The third-order valence-electron chi connectivity index (χ3n) is 14.9. The van der Waals surface area contributed by atoms with Crippen LogP contribution in [-0.4, -0.2) is 19.5 Å². The molecule has 0 fully saturated rings. The molecule has 5 heteroatoms. The molecule has 76 heavy (non-hydrogen) atoms. The molecule has 0 saturated heterocycles. The summed E-state index contributed by atoms with van der Waals surface area (Å²) in [5.41, 5.74) is 21.0. The van der Waals surface area contributed by atoms with Gasteiger partial charge in [-0.25, -0.2) is 15.0 Å². The zero-order chi connectivity index (χ0) is 50.5. The van der Waals surface area contributed by atoms with E-state index in [0.29, 0.717) is 17.5 Å². The lowest BCUT2D eigenvalue weighted by atomic mass is 9.90. The highest BCUT2D eigenvalue weighted by atomic mass is 16.3. The minimum Gasteiger partial charge on any atom is -0.456 e. The van der Waals surface area contributed by atoms with Gasteiger partial charge < -0.3 is 8.98 Å². The molecule has 3 aromatic heterocycles. The van der Waals surface area contributed by atoms with E-state index < -0.39 is 0 Å². The monoisotopic (exact) mass is 972 g/mol. The van der Waals surface area contributed by atoms with E-state index in [1.165, 1.54) is 49.7 Å².